The zero-order chi connectivity index (χ0) is 22.5. The van der Waals surface area contributed by atoms with Gasteiger partial charge in [-0.05, 0) is 51.9 Å². The number of hydrogen-bond acceptors (Lipinski definition) is 5. The van der Waals surface area contributed by atoms with E-state index < -0.39 is 12.0 Å². The largest absolute Gasteiger partial charge is 0.363 e. The molecule has 0 aromatic rings. The van der Waals surface area contributed by atoms with Crippen LogP contribution in [0.4, 0.5) is 4.79 Å². The van der Waals surface area contributed by atoms with Crippen molar-refractivity contribution in [1.82, 2.24) is 16.0 Å². The van der Waals surface area contributed by atoms with Crippen molar-refractivity contribution in [2.45, 2.75) is 96.9 Å². The molecule has 30 heavy (non-hydrogen) atoms. The van der Waals surface area contributed by atoms with E-state index in [4.69, 9.17) is 5.26 Å². The summed E-state index contributed by atoms with van der Waals surface area (Å²) in [5.41, 5.74) is 0. The number of unbranched alkanes of at least 4 members (excludes halogenated alkanes) is 8. The molecule has 1 atom stereocenters. The molecule has 0 aromatic carbocycles. The maximum absolute atomic E-state index is 11.6. The van der Waals surface area contributed by atoms with Gasteiger partial charge in [0.25, 0.3) is 0 Å². The summed E-state index contributed by atoms with van der Waals surface area (Å²) in [6.07, 6.45) is 16.1. The average Bonchev–Trinajstić information content (AvgIpc) is 2.73. The maximum Gasteiger partial charge on any atom is 0.363 e. The summed E-state index contributed by atoms with van der Waals surface area (Å²) >= 11 is 0. The zero-order valence-corrected chi connectivity index (χ0v) is 18.7. The van der Waals surface area contributed by atoms with Gasteiger partial charge in [0.05, 0.1) is 0 Å². The highest BCUT2D eigenvalue weighted by Crippen LogP contribution is 2.07. The van der Waals surface area contributed by atoms with Gasteiger partial charge in [-0.1, -0.05) is 44.8 Å². The van der Waals surface area contributed by atoms with Crippen molar-refractivity contribution in [3.63, 3.8) is 0 Å². The van der Waals surface area contributed by atoms with Crippen LogP contribution in [-0.2, 0) is 14.5 Å². The smallest absolute Gasteiger partial charge is 0.343 e. The van der Waals surface area contributed by atoms with Crippen molar-refractivity contribution in [2.24, 2.45) is 0 Å². The number of carbonyl (C=O) groups excluding carboxylic acids is 3. The molecule has 4 N–H and O–H groups in total. The van der Waals surface area contributed by atoms with Crippen molar-refractivity contribution in [2.75, 3.05) is 13.1 Å². The SMILES string of the molecule is CCCCCNC(=O)NCCCC/C=C\CCCCCCC(=O)NC(C)C(=O)OO. The Hall–Kier alpha value is -2.09. The fourth-order valence-electron chi connectivity index (χ4n) is 2.82. The minimum absolute atomic E-state index is 0.0682. The summed E-state index contributed by atoms with van der Waals surface area (Å²) in [6, 6.07) is -0.905. The molecule has 174 valence electrons. The number of amides is 3. The molecule has 0 rings (SSSR count). The molecule has 0 aliphatic carbocycles. The quantitative estimate of drug-likeness (QED) is 0.114. The molecular formula is C22H41N3O5. The molecule has 0 saturated carbocycles. The summed E-state index contributed by atoms with van der Waals surface area (Å²) in [5, 5.41) is 16.5. The van der Waals surface area contributed by atoms with Crippen LogP contribution in [-0.4, -0.2) is 42.3 Å². The van der Waals surface area contributed by atoms with Crippen LogP contribution in [0.25, 0.3) is 0 Å². The Bertz CT molecular complexity index is 497. The molecule has 3 amide bonds. The molecule has 0 spiro atoms. The first-order chi connectivity index (χ1) is 14.5. The van der Waals surface area contributed by atoms with Crippen molar-refractivity contribution < 1.29 is 24.5 Å². The second kappa shape index (κ2) is 20.2. The first kappa shape index (κ1) is 27.9. The van der Waals surface area contributed by atoms with Crippen molar-refractivity contribution in [3.8, 4) is 0 Å². The van der Waals surface area contributed by atoms with Crippen molar-refractivity contribution >= 4 is 17.9 Å². The lowest BCUT2D eigenvalue weighted by Crippen LogP contribution is -2.39. The van der Waals surface area contributed by atoms with Crippen LogP contribution < -0.4 is 16.0 Å². The fourth-order valence-corrected chi connectivity index (χ4v) is 2.82. The predicted octanol–water partition coefficient (Wildman–Crippen LogP) is 4.06. The first-order valence-corrected chi connectivity index (χ1v) is 11.3. The van der Waals surface area contributed by atoms with Gasteiger partial charge in [-0.3, -0.25) is 9.68 Å². The third-order valence-corrected chi connectivity index (χ3v) is 4.66. The number of rotatable bonds is 18. The van der Waals surface area contributed by atoms with E-state index in [0.29, 0.717) is 13.0 Å². The van der Waals surface area contributed by atoms with Crippen LogP contribution in [0.2, 0.25) is 0 Å². The molecule has 8 heteroatoms. The van der Waals surface area contributed by atoms with Crippen molar-refractivity contribution in [3.05, 3.63) is 12.2 Å². The van der Waals surface area contributed by atoms with Crippen LogP contribution in [0, 0.1) is 0 Å². The number of hydrogen-bond donors (Lipinski definition) is 4. The Morgan fingerprint density at radius 1 is 0.867 bits per heavy atom. The topological polar surface area (TPSA) is 117 Å². The highest BCUT2D eigenvalue weighted by Gasteiger charge is 2.16. The minimum atomic E-state index is -0.866. The van der Waals surface area contributed by atoms with Gasteiger partial charge in [-0.25, -0.2) is 9.59 Å². The Kier molecular flexibility index (Phi) is 18.8. The third kappa shape index (κ3) is 18.0. The summed E-state index contributed by atoms with van der Waals surface area (Å²) < 4.78 is 0. The maximum atomic E-state index is 11.6. The molecule has 0 bridgehead atoms. The van der Waals surface area contributed by atoms with Gasteiger partial charge in [0, 0.05) is 19.5 Å². The van der Waals surface area contributed by atoms with Crippen LogP contribution in [0.3, 0.4) is 0 Å². The standard InChI is InChI=1S/C22H41N3O5/c1-3-4-14-17-23-22(28)24-18-15-12-10-8-6-5-7-9-11-13-16-20(26)25-19(2)21(27)30-29/h6,8,19,29H,3-5,7,9-18H2,1-2H3,(H,25,26)(H2,23,24,28)/b8-6-. The fraction of sp³-hybridized carbons (Fsp3) is 0.773. The molecule has 0 heterocycles. The van der Waals surface area contributed by atoms with Gasteiger partial charge >= 0.3 is 12.0 Å². The van der Waals surface area contributed by atoms with Gasteiger partial charge in [0.2, 0.25) is 5.91 Å². The van der Waals surface area contributed by atoms with Crippen LogP contribution >= 0.6 is 0 Å². The van der Waals surface area contributed by atoms with Gasteiger partial charge in [-0.2, -0.15) is 5.26 Å². The molecule has 0 aliphatic heterocycles. The Balaban J connectivity index is 3.41. The number of nitrogens with one attached hydrogen (secondary N) is 3. The monoisotopic (exact) mass is 427 g/mol. The number of carbonyl (C=O) groups is 3. The third-order valence-electron chi connectivity index (χ3n) is 4.66. The molecule has 0 fully saturated rings. The normalized spacial score (nSPS) is 11.8. The predicted molar refractivity (Wildman–Crippen MR) is 118 cm³/mol. The second-order valence-electron chi connectivity index (χ2n) is 7.51. The molecule has 0 radical (unpaired) electrons. The lowest BCUT2D eigenvalue weighted by molar-refractivity contribution is -0.236. The van der Waals surface area contributed by atoms with E-state index in [-0.39, 0.29) is 11.9 Å². The number of urea groups is 1. The molecule has 1 unspecified atom stereocenters. The second-order valence-corrected chi connectivity index (χ2v) is 7.51. The van der Waals surface area contributed by atoms with E-state index in [1.54, 1.807) is 0 Å². The van der Waals surface area contributed by atoms with Crippen LogP contribution in [0.5, 0.6) is 0 Å². The molecular weight excluding hydrogens is 386 g/mol. The van der Waals surface area contributed by atoms with Gasteiger partial charge in [-0.15, -0.1) is 0 Å². The highest BCUT2D eigenvalue weighted by atomic mass is 17.1. The van der Waals surface area contributed by atoms with E-state index in [9.17, 15) is 14.4 Å². The summed E-state index contributed by atoms with van der Waals surface area (Å²) in [6.45, 7) is 5.06. The van der Waals surface area contributed by atoms with E-state index in [1.165, 1.54) is 6.92 Å². The highest BCUT2D eigenvalue weighted by molar-refractivity contribution is 5.83. The van der Waals surface area contributed by atoms with E-state index in [1.807, 2.05) is 0 Å². The van der Waals surface area contributed by atoms with Gasteiger partial charge in [0.1, 0.15) is 6.04 Å². The first-order valence-electron chi connectivity index (χ1n) is 11.3. The molecule has 8 nitrogen and oxygen atoms in total. The Labute approximate surface area is 181 Å². The van der Waals surface area contributed by atoms with Gasteiger partial charge < -0.3 is 16.0 Å². The number of allylic oxidation sites excluding steroid dienone is 2. The molecule has 0 aliphatic rings. The minimum Gasteiger partial charge on any atom is -0.343 e. The summed E-state index contributed by atoms with van der Waals surface area (Å²) in [4.78, 5) is 37.7. The van der Waals surface area contributed by atoms with E-state index >= 15 is 0 Å². The lowest BCUT2D eigenvalue weighted by atomic mass is 10.1. The average molecular weight is 428 g/mol. The van der Waals surface area contributed by atoms with E-state index in [2.05, 4.69) is 39.9 Å². The zero-order valence-electron chi connectivity index (χ0n) is 18.7. The lowest BCUT2D eigenvalue weighted by Gasteiger charge is -2.09. The van der Waals surface area contributed by atoms with Gasteiger partial charge in [0.15, 0.2) is 0 Å². The molecule has 0 aromatic heterocycles. The van der Waals surface area contributed by atoms with Crippen LogP contribution in [0.15, 0.2) is 12.2 Å². The van der Waals surface area contributed by atoms with E-state index in [0.717, 1.165) is 77.2 Å². The summed E-state index contributed by atoms with van der Waals surface area (Å²) in [7, 11) is 0. The Morgan fingerprint density at radius 3 is 2.03 bits per heavy atom. The van der Waals surface area contributed by atoms with Crippen molar-refractivity contribution in [1.29, 1.82) is 0 Å². The Morgan fingerprint density at radius 2 is 1.43 bits per heavy atom. The van der Waals surface area contributed by atoms with Crippen LogP contribution in [0.1, 0.15) is 90.9 Å². The summed E-state index contributed by atoms with van der Waals surface area (Å²) in [5.74, 6) is -1.08. The molecule has 0 saturated heterocycles.